The van der Waals surface area contributed by atoms with Gasteiger partial charge in [0, 0.05) is 18.7 Å². The molecule has 0 bridgehead atoms. The minimum Gasteiger partial charge on any atom is -0.394 e. The molecule has 6 nitrogen and oxygen atoms in total. The van der Waals surface area contributed by atoms with Gasteiger partial charge in [-0.1, -0.05) is 18.2 Å². The van der Waals surface area contributed by atoms with Crippen molar-refractivity contribution in [1.82, 2.24) is 5.32 Å². The van der Waals surface area contributed by atoms with Crippen LogP contribution >= 0.6 is 0 Å². The summed E-state index contributed by atoms with van der Waals surface area (Å²) in [7, 11) is 0. The van der Waals surface area contributed by atoms with Gasteiger partial charge < -0.3 is 25.2 Å². The first-order valence-electron chi connectivity index (χ1n) is 6.67. The molecule has 1 aliphatic heterocycles. The lowest BCUT2D eigenvalue weighted by atomic mass is 10.0. The van der Waals surface area contributed by atoms with Crippen LogP contribution in [0.25, 0.3) is 0 Å². The lowest BCUT2D eigenvalue weighted by molar-refractivity contribution is -0.0576. The zero-order valence-corrected chi connectivity index (χ0v) is 11.3. The van der Waals surface area contributed by atoms with Gasteiger partial charge in [0.2, 0.25) is 0 Å². The molecule has 20 heavy (non-hydrogen) atoms. The van der Waals surface area contributed by atoms with Crippen LogP contribution < -0.4 is 10.6 Å². The average molecular weight is 280 g/mol. The molecule has 1 atom stereocenters. The summed E-state index contributed by atoms with van der Waals surface area (Å²) in [6.07, 6.45) is 0.707. The molecule has 6 heteroatoms. The second-order valence-electron chi connectivity index (χ2n) is 4.73. The van der Waals surface area contributed by atoms with E-state index in [1.165, 1.54) is 0 Å². The van der Waals surface area contributed by atoms with Gasteiger partial charge in [0.1, 0.15) is 5.60 Å². The molecule has 1 unspecified atom stereocenters. The summed E-state index contributed by atoms with van der Waals surface area (Å²) in [5.41, 5.74) is 0.203. The van der Waals surface area contributed by atoms with Gasteiger partial charge in [-0.3, -0.25) is 0 Å². The van der Waals surface area contributed by atoms with E-state index in [2.05, 4.69) is 10.6 Å². The van der Waals surface area contributed by atoms with Crippen molar-refractivity contribution in [2.75, 3.05) is 38.3 Å². The molecular formula is C14H20N2O4. The quantitative estimate of drug-likeness (QED) is 0.725. The summed E-state index contributed by atoms with van der Waals surface area (Å²) in [6, 6.07) is 8.94. The number of aliphatic hydroxyl groups is 1. The molecule has 2 amide bonds. The van der Waals surface area contributed by atoms with E-state index in [1.54, 1.807) is 0 Å². The number of benzene rings is 1. The first kappa shape index (κ1) is 14.8. The van der Waals surface area contributed by atoms with Gasteiger partial charge in [-0.2, -0.15) is 0 Å². The zero-order valence-electron chi connectivity index (χ0n) is 11.3. The van der Waals surface area contributed by atoms with E-state index in [4.69, 9.17) is 14.6 Å². The Labute approximate surface area is 118 Å². The van der Waals surface area contributed by atoms with Crippen molar-refractivity contribution in [3.63, 3.8) is 0 Å². The van der Waals surface area contributed by atoms with Crippen molar-refractivity contribution in [3.8, 4) is 0 Å². The minimum absolute atomic E-state index is 0.0437. The van der Waals surface area contributed by atoms with Gasteiger partial charge in [0.05, 0.1) is 26.4 Å². The second kappa shape index (κ2) is 7.23. The number of hydrogen-bond donors (Lipinski definition) is 3. The van der Waals surface area contributed by atoms with Gasteiger partial charge in [-0.25, -0.2) is 4.79 Å². The molecular weight excluding hydrogens is 260 g/mol. The summed E-state index contributed by atoms with van der Waals surface area (Å²) < 4.78 is 11.0. The molecule has 1 aromatic rings. The maximum absolute atomic E-state index is 11.8. The number of nitrogens with one attached hydrogen (secondary N) is 2. The summed E-state index contributed by atoms with van der Waals surface area (Å²) in [5.74, 6) is 0. The molecule has 0 aliphatic carbocycles. The van der Waals surface area contributed by atoms with Gasteiger partial charge in [-0.15, -0.1) is 0 Å². The third kappa shape index (κ3) is 4.19. The average Bonchev–Trinajstić information content (AvgIpc) is 2.94. The van der Waals surface area contributed by atoms with Crippen molar-refractivity contribution in [3.05, 3.63) is 30.3 Å². The van der Waals surface area contributed by atoms with Crippen LogP contribution in [0.1, 0.15) is 6.42 Å². The molecule has 110 valence electrons. The summed E-state index contributed by atoms with van der Waals surface area (Å²) in [5, 5.41) is 14.4. The Bertz CT molecular complexity index is 418. The molecule has 1 saturated heterocycles. The molecule has 1 aromatic carbocycles. The number of carbonyl (C=O) groups excluding carboxylic acids is 1. The van der Waals surface area contributed by atoms with Crippen molar-refractivity contribution < 1.29 is 19.4 Å². The highest BCUT2D eigenvalue weighted by atomic mass is 16.6. The van der Waals surface area contributed by atoms with Crippen LogP contribution in [0.15, 0.2) is 30.3 Å². The van der Waals surface area contributed by atoms with Gasteiger partial charge in [0.25, 0.3) is 0 Å². The number of urea groups is 1. The Balaban J connectivity index is 1.81. The maximum Gasteiger partial charge on any atom is 0.319 e. The number of amides is 2. The fourth-order valence-corrected chi connectivity index (χ4v) is 2.09. The second-order valence-corrected chi connectivity index (χ2v) is 4.73. The van der Waals surface area contributed by atoms with E-state index in [-0.39, 0.29) is 19.2 Å². The lowest BCUT2D eigenvalue weighted by Gasteiger charge is -2.27. The number of carbonyl (C=O) groups is 1. The summed E-state index contributed by atoms with van der Waals surface area (Å²) in [6.45, 7) is 1.58. The predicted octanol–water partition coefficient (Wildman–Crippen LogP) is 0.976. The highest BCUT2D eigenvalue weighted by molar-refractivity contribution is 5.89. The molecule has 0 spiro atoms. The van der Waals surface area contributed by atoms with Crippen LogP contribution in [-0.2, 0) is 9.47 Å². The predicted molar refractivity (Wildman–Crippen MR) is 74.7 cm³/mol. The third-order valence-corrected chi connectivity index (χ3v) is 3.17. The number of anilines is 1. The van der Waals surface area contributed by atoms with E-state index in [9.17, 15) is 4.79 Å². The molecule has 0 aromatic heterocycles. The Morgan fingerprint density at radius 1 is 1.40 bits per heavy atom. The molecule has 2 rings (SSSR count). The monoisotopic (exact) mass is 280 g/mol. The van der Waals surface area contributed by atoms with Crippen LogP contribution in [-0.4, -0.2) is 49.7 Å². The Hall–Kier alpha value is -1.63. The highest BCUT2D eigenvalue weighted by Gasteiger charge is 2.36. The van der Waals surface area contributed by atoms with Crippen LogP contribution in [0, 0.1) is 0 Å². The third-order valence-electron chi connectivity index (χ3n) is 3.17. The zero-order chi connectivity index (χ0) is 14.3. The van der Waals surface area contributed by atoms with Crippen LogP contribution in [0.2, 0.25) is 0 Å². The van der Waals surface area contributed by atoms with E-state index >= 15 is 0 Å². The summed E-state index contributed by atoms with van der Waals surface area (Å²) in [4.78, 5) is 11.8. The van der Waals surface area contributed by atoms with Crippen LogP contribution in [0.4, 0.5) is 10.5 Å². The van der Waals surface area contributed by atoms with Gasteiger partial charge in [0.15, 0.2) is 0 Å². The Morgan fingerprint density at radius 2 is 2.20 bits per heavy atom. The molecule has 1 fully saturated rings. The lowest BCUT2D eigenvalue weighted by Crippen LogP contribution is -2.47. The first-order valence-corrected chi connectivity index (χ1v) is 6.67. The number of aliphatic hydroxyl groups excluding tert-OH is 1. The molecule has 1 aliphatic rings. The van der Waals surface area contributed by atoms with Crippen molar-refractivity contribution in [1.29, 1.82) is 0 Å². The standard InChI is InChI=1S/C14H20N2O4/c17-7-9-20-14(6-8-19-11-14)10-15-13(18)16-12-4-2-1-3-5-12/h1-5,17H,6-11H2,(H2,15,16,18). The maximum atomic E-state index is 11.8. The number of para-hydroxylation sites is 1. The SMILES string of the molecule is O=C(NCC1(OCCO)CCOC1)Nc1ccccc1. The minimum atomic E-state index is -0.531. The molecule has 3 N–H and O–H groups in total. The van der Waals surface area contributed by atoms with Crippen LogP contribution in [0.3, 0.4) is 0 Å². The van der Waals surface area contributed by atoms with E-state index in [0.717, 1.165) is 5.69 Å². The highest BCUT2D eigenvalue weighted by Crippen LogP contribution is 2.22. The van der Waals surface area contributed by atoms with E-state index in [0.29, 0.717) is 26.2 Å². The van der Waals surface area contributed by atoms with Gasteiger partial charge >= 0.3 is 6.03 Å². The Morgan fingerprint density at radius 3 is 2.85 bits per heavy atom. The van der Waals surface area contributed by atoms with Gasteiger partial charge in [-0.05, 0) is 12.1 Å². The summed E-state index contributed by atoms with van der Waals surface area (Å²) >= 11 is 0. The molecule has 0 radical (unpaired) electrons. The smallest absolute Gasteiger partial charge is 0.319 e. The Kier molecular flexibility index (Phi) is 5.34. The number of hydrogen-bond acceptors (Lipinski definition) is 4. The number of ether oxygens (including phenoxy) is 2. The van der Waals surface area contributed by atoms with Crippen LogP contribution in [0.5, 0.6) is 0 Å². The fraction of sp³-hybridized carbons (Fsp3) is 0.500. The first-order chi connectivity index (χ1) is 9.74. The van der Waals surface area contributed by atoms with E-state index < -0.39 is 5.60 Å². The fourth-order valence-electron chi connectivity index (χ4n) is 2.09. The molecule has 0 saturated carbocycles. The number of rotatable bonds is 6. The van der Waals surface area contributed by atoms with Crippen molar-refractivity contribution in [2.24, 2.45) is 0 Å². The van der Waals surface area contributed by atoms with Crippen molar-refractivity contribution in [2.45, 2.75) is 12.0 Å². The largest absolute Gasteiger partial charge is 0.394 e. The topological polar surface area (TPSA) is 79.8 Å². The van der Waals surface area contributed by atoms with E-state index in [1.807, 2.05) is 30.3 Å². The normalized spacial score (nSPS) is 21.6. The van der Waals surface area contributed by atoms with Crippen molar-refractivity contribution >= 4 is 11.7 Å². The molecule has 1 heterocycles.